The third kappa shape index (κ3) is 4.74. The molecule has 1 amide bonds. The number of furan rings is 1. The van der Waals surface area contributed by atoms with Crippen LogP contribution >= 0.6 is 0 Å². The fourth-order valence-electron chi connectivity index (χ4n) is 2.83. The van der Waals surface area contributed by atoms with Crippen LogP contribution in [0.25, 0.3) is 0 Å². The summed E-state index contributed by atoms with van der Waals surface area (Å²) >= 11 is 0. The maximum atomic E-state index is 12.3. The van der Waals surface area contributed by atoms with Crippen LogP contribution in [-0.2, 0) is 29.2 Å². The predicted molar refractivity (Wildman–Crippen MR) is 93.9 cm³/mol. The second-order valence-corrected chi connectivity index (χ2v) is 6.07. The second-order valence-electron chi connectivity index (χ2n) is 6.07. The van der Waals surface area contributed by atoms with E-state index in [1.54, 1.807) is 29.2 Å². The zero-order valence-corrected chi connectivity index (χ0v) is 14.8. The van der Waals surface area contributed by atoms with Gasteiger partial charge in [0.15, 0.2) is 5.75 Å². The van der Waals surface area contributed by atoms with Crippen molar-refractivity contribution in [2.45, 2.75) is 19.6 Å². The number of methoxy groups -OCH3 is 1. The minimum absolute atomic E-state index is 0.0943. The average Bonchev–Trinajstić information content (AvgIpc) is 3.16. The molecule has 140 valence electrons. The van der Waals surface area contributed by atoms with Gasteiger partial charge in [-0.2, -0.15) is 0 Å². The van der Waals surface area contributed by atoms with Crippen molar-refractivity contribution in [2.24, 2.45) is 0 Å². The van der Waals surface area contributed by atoms with E-state index in [2.05, 4.69) is 10.2 Å². The number of nitrogens with zero attached hydrogens (tertiary/aromatic N) is 2. The van der Waals surface area contributed by atoms with Crippen molar-refractivity contribution in [3.05, 3.63) is 52.3 Å². The van der Waals surface area contributed by atoms with Gasteiger partial charge in [0.25, 0.3) is 0 Å². The van der Waals surface area contributed by atoms with Crippen molar-refractivity contribution < 1.29 is 18.7 Å². The van der Waals surface area contributed by atoms with Crippen LogP contribution < -0.4 is 15.5 Å². The van der Waals surface area contributed by atoms with Gasteiger partial charge in [0, 0.05) is 31.4 Å². The Bertz CT molecular complexity index is 779. The van der Waals surface area contributed by atoms with Crippen molar-refractivity contribution in [2.75, 3.05) is 33.4 Å². The molecule has 0 bridgehead atoms. The first kappa shape index (κ1) is 18.2. The lowest BCUT2D eigenvalue weighted by Crippen LogP contribution is -2.37. The summed E-state index contributed by atoms with van der Waals surface area (Å²) in [5, 5.41) is 2.81. The third-order valence-electron chi connectivity index (χ3n) is 4.25. The van der Waals surface area contributed by atoms with E-state index in [4.69, 9.17) is 13.9 Å². The summed E-state index contributed by atoms with van der Waals surface area (Å²) < 4.78 is 17.4. The number of ether oxygens (including phenoxy) is 2. The molecular formula is C18H23N3O5. The fraction of sp³-hybridized carbons (Fsp3) is 0.444. The monoisotopic (exact) mass is 361 g/mol. The van der Waals surface area contributed by atoms with Crippen molar-refractivity contribution >= 4 is 5.91 Å². The number of amides is 1. The molecule has 0 unspecified atom stereocenters. The van der Waals surface area contributed by atoms with E-state index in [1.807, 2.05) is 0 Å². The molecule has 8 nitrogen and oxygen atoms in total. The lowest BCUT2D eigenvalue weighted by molar-refractivity contribution is -0.122. The summed E-state index contributed by atoms with van der Waals surface area (Å²) in [6.07, 6.45) is 3.15. The van der Waals surface area contributed by atoms with Crippen LogP contribution in [0, 0.1) is 0 Å². The minimum atomic E-state index is -0.192. The molecule has 1 aliphatic rings. The summed E-state index contributed by atoms with van der Waals surface area (Å²) in [7, 11) is 1.44. The third-order valence-corrected chi connectivity index (χ3v) is 4.25. The number of carbonyl (C=O) groups excluding carboxylic acids is 1. The average molecular weight is 361 g/mol. The molecule has 0 aliphatic carbocycles. The standard InChI is InChI=1S/C18H23N3O5/c1-24-17-12-21(13-18(23)19-10-15-3-2-6-26-15)14(9-16(17)22)11-20-4-7-25-8-5-20/h2-3,6,9,12H,4-5,7-8,10-11,13H2,1H3,(H,19,23). The second kappa shape index (κ2) is 8.68. The number of nitrogens with one attached hydrogen (secondary N) is 1. The molecule has 0 spiro atoms. The van der Waals surface area contributed by atoms with Gasteiger partial charge in [0.1, 0.15) is 12.3 Å². The molecule has 0 atom stereocenters. The molecule has 2 aromatic heterocycles. The molecule has 8 heteroatoms. The lowest BCUT2D eigenvalue weighted by atomic mass is 10.2. The van der Waals surface area contributed by atoms with Gasteiger partial charge in [-0.3, -0.25) is 14.5 Å². The Morgan fingerprint density at radius 1 is 1.35 bits per heavy atom. The topological polar surface area (TPSA) is 85.9 Å². The van der Waals surface area contributed by atoms with Crippen LogP contribution in [-0.4, -0.2) is 48.8 Å². The van der Waals surface area contributed by atoms with E-state index < -0.39 is 0 Å². The van der Waals surface area contributed by atoms with Crippen molar-refractivity contribution in [1.29, 1.82) is 0 Å². The molecule has 1 N–H and O–H groups in total. The van der Waals surface area contributed by atoms with Crippen LogP contribution in [0.4, 0.5) is 0 Å². The van der Waals surface area contributed by atoms with E-state index in [1.165, 1.54) is 13.2 Å². The predicted octanol–water partition coefficient (Wildman–Crippen LogP) is 0.598. The highest BCUT2D eigenvalue weighted by Crippen LogP contribution is 2.11. The van der Waals surface area contributed by atoms with E-state index in [0.717, 1.165) is 18.8 Å². The minimum Gasteiger partial charge on any atom is -0.491 e. The Kier molecular flexibility index (Phi) is 6.08. The summed E-state index contributed by atoms with van der Waals surface area (Å²) in [6, 6.07) is 5.11. The first-order chi connectivity index (χ1) is 12.7. The van der Waals surface area contributed by atoms with Gasteiger partial charge in [0.2, 0.25) is 11.3 Å². The number of carbonyl (C=O) groups is 1. The van der Waals surface area contributed by atoms with Gasteiger partial charge in [-0.05, 0) is 12.1 Å². The molecule has 26 heavy (non-hydrogen) atoms. The van der Waals surface area contributed by atoms with Crippen LogP contribution in [0.1, 0.15) is 11.5 Å². The quantitative estimate of drug-likeness (QED) is 0.777. The van der Waals surface area contributed by atoms with Crippen LogP contribution in [0.2, 0.25) is 0 Å². The fourth-order valence-corrected chi connectivity index (χ4v) is 2.83. The molecule has 3 rings (SSSR count). The summed E-state index contributed by atoms with van der Waals surface area (Å²) in [5.74, 6) is 0.731. The Morgan fingerprint density at radius 3 is 2.85 bits per heavy atom. The van der Waals surface area contributed by atoms with Crippen LogP contribution in [0.15, 0.2) is 39.9 Å². The van der Waals surface area contributed by atoms with E-state index >= 15 is 0 Å². The summed E-state index contributed by atoms with van der Waals surface area (Å²) in [6.45, 7) is 3.93. The van der Waals surface area contributed by atoms with Gasteiger partial charge < -0.3 is 23.8 Å². The van der Waals surface area contributed by atoms with E-state index in [0.29, 0.717) is 32.1 Å². The van der Waals surface area contributed by atoms with Crippen LogP contribution in [0.5, 0.6) is 5.75 Å². The molecule has 1 fully saturated rings. The molecule has 1 saturated heterocycles. The van der Waals surface area contributed by atoms with Gasteiger partial charge in [0.05, 0.1) is 39.3 Å². The number of hydrogen-bond donors (Lipinski definition) is 1. The van der Waals surface area contributed by atoms with Gasteiger partial charge in [-0.15, -0.1) is 0 Å². The normalized spacial score (nSPS) is 15.0. The van der Waals surface area contributed by atoms with Gasteiger partial charge in [-0.1, -0.05) is 0 Å². The summed E-state index contributed by atoms with van der Waals surface area (Å²) in [4.78, 5) is 26.6. The Balaban J connectivity index is 1.72. The van der Waals surface area contributed by atoms with Crippen molar-refractivity contribution in [1.82, 2.24) is 14.8 Å². The number of aromatic nitrogens is 1. The van der Waals surface area contributed by atoms with E-state index in [9.17, 15) is 9.59 Å². The zero-order chi connectivity index (χ0) is 18.4. The largest absolute Gasteiger partial charge is 0.491 e. The SMILES string of the molecule is COc1cn(CC(=O)NCc2ccco2)c(CN2CCOCC2)cc1=O. The molecule has 0 aromatic carbocycles. The molecule has 3 heterocycles. The Hall–Kier alpha value is -2.58. The number of pyridine rings is 1. The number of hydrogen-bond acceptors (Lipinski definition) is 6. The number of rotatable bonds is 7. The first-order valence-electron chi connectivity index (χ1n) is 8.52. The van der Waals surface area contributed by atoms with Crippen LogP contribution in [0.3, 0.4) is 0 Å². The van der Waals surface area contributed by atoms with Crippen molar-refractivity contribution in [3.8, 4) is 5.75 Å². The molecule has 0 saturated carbocycles. The zero-order valence-electron chi connectivity index (χ0n) is 14.8. The number of morpholine rings is 1. The highest BCUT2D eigenvalue weighted by atomic mass is 16.5. The Labute approximate surface area is 151 Å². The maximum Gasteiger partial charge on any atom is 0.240 e. The van der Waals surface area contributed by atoms with Crippen molar-refractivity contribution in [3.63, 3.8) is 0 Å². The van der Waals surface area contributed by atoms with Gasteiger partial charge >= 0.3 is 0 Å². The summed E-state index contributed by atoms with van der Waals surface area (Å²) in [5.41, 5.74) is 0.578. The molecular weight excluding hydrogens is 338 g/mol. The molecule has 2 aromatic rings. The highest BCUT2D eigenvalue weighted by molar-refractivity contribution is 5.75. The lowest BCUT2D eigenvalue weighted by Gasteiger charge is -2.27. The smallest absolute Gasteiger partial charge is 0.240 e. The first-order valence-corrected chi connectivity index (χ1v) is 8.52. The molecule has 1 aliphatic heterocycles. The Morgan fingerprint density at radius 2 is 2.15 bits per heavy atom. The molecule has 0 radical (unpaired) electrons. The highest BCUT2D eigenvalue weighted by Gasteiger charge is 2.16. The maximum absolute atomic E-state index is 12.3. The van der Waals surface area contributed by atoms with E-state index in [-0.39, 0.29) is 23.6 Å². The van der Waals surface area contributed by atoms with Gasteiger partial charge in [-0.25, -0.2) is 0 Å².